The molecule has 2 unspecified atom stereocenters. The maximum Gasteiger partial charge on any atom is 0.336 e. The van der Waals surface area contributed by atoms with E-state index < -0.39 is 23.8 Å². The number of carbonyl (C=O) groups is 3. The van der Waals surface area contributed by atoms with E-state index >= 15 is 0 Å². The summed E-state index contributed by atoms with van der Waals surface area (Å²) in [6.45, 7) is 4.21. The van der Waals surface area contributed by atoms with Crippen LogP contribution in [0.1, 0.15) is 38.2 Å². The van der Waals surface area contributed by atoms with Crippen LogP contribution in [0.15, 0.2) is 75.7 Å². The van der Waals surface area contributed by atoms with Crippen molar-refractivity contribution in [1.29, 1.82) is 0 Å². The van der Waals surface area contributed by atoms with E-state index in [1.165, 1.54) is 13.2 Å². The van der Waals surface area contributed by atoms with Gasteiger partial charge in [-0.3, -0.25) is 19.4 Å². The number of esters is 2. The minimum Gasteiger partial charge on any atom is -0.494 e. The Morgan fingerprint density at radius 2 is 1.87 bits per heavy atom. The van der Waals surface area contributed by atoms with Crippen molar-refractivity contribution >= 4 is 46.1 Å². The number of methoxy groups -OCH3 is 1. The van der Waals surface area contributed by atoms with Crippen LogP contribution in [0.2, 0.25) is 5.02 Å². The summed E-state index contributed by atoms with van der Waals surface area (Å²) in [6, 6.07) is 15.5. The number of halogens is 1. The van der Waals surface area contributed by atoms with Crippen molar-refractivity contribution in [3.8, 4) is 5.75 Å². The Bertz CT molecular complexity index is 1660. The summed E-state index contributed by atoms with van der Waals surface area (Å²) in [6.07, 6.45) is 0.766. The molecule has 2 aromatic carbocycles. The second-order valence-corrected chi connectivity index (χ2v) is 10.7. The van der Waals surface area contributed by atoms with Crippen molar-refractivity contribution in [2.45, 2.75) is 32.6 Å². The maximum atomic E-state index is 13.3. The molecule has 0 spiro atoms. The molecular weight excluding hydrogens is 602 g/mol. The molecule has 0 fully saturated rings. The number of rotatable bonds is 14. The fourth-order valence-electron chi connectivity index (χ4n) is 5.15. The molecule has 0 radical (unpaired) electrons. The highest BCUT2D eigenvalue weighted by Crippen LogP contribution is 2.42. The predicted molar refractivity (Wildman–Crippen MR) is 170 cm³/mol. The second kappa shape index (κ2) is 16.0. The van der Waals surface area contributed by atoms with Gasteiger partial charge in [-0.05, 0) is 56.2 Å². The Balaban J connectivity index is 1.32. The first-order valence-electron chi connectivity index (χ1n) is 14.6. The monoisotopic (exact) mass is 637 g/mol. The van der Waals surface area contributed by atoms with Crippen LogP contribution in [-0.4, -0.2) is 68.6 Å². The predicted octanol–water partition coefficient (Wildman–Crippen LogP) is 4.34. The Morgan fingerprint density at radius 1 is 1.07 bits per heavy atom. The molecule has 1 aromatic heterocycles. The molecule has 2 atom stereocenters. The fourth-order valence-corrected chi connectivity index (χ4v) is 5.41. The molecule has 0 saturated heterocycles. The maximum absolute atomic E-state index is 13.3. The van der Waals surface area contributed by atoms with Crippen LogP contribution >= 0.6 is 11.6 Å². The highest BCUT2D eigenvalue weighted by molar-refractivity contribution is 6.31. The number of H-pyrrole nitrogens is 1. The highest BCUT2D eigenvalue weighted by atomic mass is 35.5. The molecule has 1 aliphatic rings. The van der Waals surface area contributed by atoms with Crippen molar-refractivity contribution < 1.29 is 33.3 Å². The fraction of sp³-hybridized carbons (Fsp3) is 0.364. The average Bonchev–Trinajstić information content (AvgIpc) is 3.02. The van der Waals surface area contributed by atoms with E-state index in [1.54, 1.807) is 56.3 Å². The molecule has 11 nitrogen and oxygen atoms in total. The Morgan fingerprint density at radius 3 is 2.62 bits per heavy atom. The number of aliphatic imine (C=N–C) groups is 1. The Kier molecular flexibility index (Phi) is 11.9. The van der Waals surface area contributed by atoms with E-state index in [0.717, 1.165) is 10.9 Å². The third-order valence-electron chi connectivity index (χ3n) is 7.23. The number of benzene rings is 2. The van der Waals surface area contributed by atoms with Gasteiger partial charge < -0.3 is 29.2 Å². The molecular formula is C33H36ClN3O8. The lowest BCUT2D eigenvalue weighted by molar-refractivity contribution is -0.144. The zero-order valence-corrected chi connectivity index (χ0v) is 26.1. The first kappa shape index (κ1) is 33.4. The van der Waals surface area contributed by atoms with Crippen molar-refractivity contribution in [3.05, 3.63) is 86.8 Å². The SMILES string of the molecule is CCOC(=O)C1=C(COCCNC(=O)CCCOc2ccc3[nH]c(=O)ccc3c2)N=C(C)C(C(=O)OC)C1c1ccccc1Cl. The van der Waals surface area contributed by atoms with Crippen LogP contribution < -0.4 is 15.6 Å². The first-order chi connectivity index (χ1) is 21.7. The number of nitrogens with zero attached hydrogens (tertiary/aromatic N) is 1. The summed E-state index contributed by atoms with van der Waals surface area (Å²) in [7, 11) is 1.28. The Labute approximate surface area is 265 Å². The first-order valence-corrected chi connectivity index (χ1v) is 15.0. The van der Waals surface area contributed by atoms with Crippen LogP contribution in [0.3, 0.4) is 0 Å². The van der Waals surface area contributed by atoms with E-state index in [9.17, 15) is 19.2 Å². The quantitative estimate of drug-likeness (QED) is 0.196. The van der Waals surface area contributed by atoms with Crippen LogP contribution in [0, 0.1) is 5.92 Å². The largest absolute Gasteiger partial charge is 0.494 e. The number of ether oxygens (including phenoxy) is 4. The molecule has 3 aromatic rings. The lowest BCUT2D eigenvalue weighted by Crippen LogP contribution is -2.37. The number of hydrogen-bond donors (Lipinski definition) is 2. The van der Waals surface area contributed by atoms with Gasteiger partial charge in [0.25, 0.3) is 0 Å². The summed E-state index contributed by atoms with van der Waals surface area (Å²) in [5.74, 6) is -2.35. The molecule has 45 heavy (non-hydrogen) atoms. The minimum atomic E-state index is -0.881. The molecule has 1 amide bonds. The van der Waals surface area contributed by atoms with Gasteiger partial charge in [-0.2, -0.15) is 0 Å². The topological polar surface area (TPSA) is 145 Å². The molecule has 4 rings (SSSR count). The summed E-state index contributed by atoms with van der Waals surface area (Å²) in [5, 5.41) is 4.05. The lowest BCUT2D eigenvalue weighted by Gasteiger charge is -2.32. The van der Waals surface area contributed by atoms with Gasteiger partial charge in [-0.25, -0.2) is 4.79 Å². The summed E-state index contributed by atoms with van der Waals surface area (Å²) < 4.78 is 22.0. The molecule has 2 heterocycles. The van der Waals surface area contributed by atoms with Crippen molar-refractivity contribution in [2.75, 3.05) is 40.1 Å². The smallest absolute Gasteiger partial charge is 0.336 e. The standard InChI is InChI=1S/C33H36ClN3O8/c1-4-44-33(41)31-26(36-20(2)29(32(40)42-3)30(31)23-8-5-6-9-24(23)34)19-43-17-15-35-27(38)10-7-16-45-22-12-13-25-21(18-22)11-14-28(39)37-25/h5-6,8-9,11-14,18,29-30H,4,7,10,15-17,19H2,1-3H3,(H,35,38)(H,37,39). The van der Waals surface area contributed by atoms with Crippen LogP contribution in [-0.2, 0) is 28.6 Å². The van der Waals surface area contributed by atoms with Gasteiger partial charge in [0, 0.05) is 46.6 Å². The summed E-state index contributed by atoms with van der Waals surface area (Å²) in [4.78, 5) is 57.2. The number of hydrogen-bond acceptors (Lipinski definition) is 9. The highest BCUT2D eigenvalue weighted by Gasteiger charge is 2.43. The summed E-state index contributed by atoms with van der Waals surface area (Å²) >= 11 is 6.53. The summed E-state index contributed by atoms with van der Waals surface area (Å²) in [5.41, 5.74) is 2.07. The van der Waals surface area contributed by atoms with Crippen molar-refractivity contribution in [1.82, 2.24) is 10.3 Å². The van der Waals surface area contributed by atoms with Crippen molar-refractivity contribution in [2.24, 2.45) is 10.9 Å². The number of nitrogens with one attached hydrogen (secondary N) is 2. The molecule has 0 bridgehead atoms. The van der Waals surface area contributed by atoms with E-state index in [1.807, 2.05) is 6.07 Å². The van der Waals surface area contributed by atoms with Gasteiger partial charge >= 0.3 is 11.9 Å². The third kappa shape index (κ3) is 8.58. The lowest BCUT2D eigenvalue weighted by atomic mass is 9.75. The molecule has 0 aliphatic carbocycles. The number of aromatic amines is 1. The number of aromatic nitrogens is 1. The second-order valence-electron chi connectivity index (χ2n) is 10.3. The number of carbonyl (C=O) groups excluding carboxylic acids is 3. The van der Waals surface area contributed by atoms with E-state index in [0.29, 0.717) is 40.8 Å². The molecule has 12 heteroatoms. The van der Waals surface area contributed by atoms with Gasteiger partial charge in [0.05, 0.1) is 44.8 Å². The zero-order valence-electron chi connectivity index (χ0n) is 25.4. The Hall–Kier alpha value is -4.48. The average molecular weight is 638 g/mol. The van der Waals surface area contributed by atoms with E-state index in [-0.39, 0.29) is 49.8 Å². The molecule has 238 valence electrons. The molecule has 2 N–H and O–H groups in total. The van der Waals surface area contributed by atoms with Crippen molar-refractivity contribution in [3.63, 3.8) is 0 Å². The third-order valence-corrected chi connectivity index (χ3v) is 7.57. The zero-order chi connectivity index (χ0) is 32.3. The number of pyridine rings is 1. The van der Waals surface area contributed by atoms with Gasteiger partial charge in [0.15, 0.2) is 0 Å². The number of amides is 1. The van der Waals surface area contributed by atoms with Crippen LogP contribution in [0.5, 0.6) is 5.75 Å². The van der Waals surface area contributed by atoms with Crippen LogP contribution in [0.4, 0.5) is 0 Å². The molecule has 0 saturated carbocycles. The van der Waals surface area contributed by atoms with Crippen LogP contribution in [0.25, 0.3) is 10.9 Å². The minimum absolute atomic E-state index is 0.0519. The van der Waals surface area contributed by atoms with E-state index in [4.69, 9.17) is 30.5 Å². The molecule has 1 aliphatic heterocycles. The van der Waals surface area contributed by atoms with Gasteiger partial charge in [-0.1, -0.05) is 29.8 Å². The van der Waals surface area contributed by atoms with Gasteiger partial charge in [0.1, 0.15) is 11.7 Å². The van der Waals surface area contributed by atoms with Gasteiger partial charge in [0.2, 0.25) is 11.5 Å². The number of fused-ring (bicyclic) bond motifs is 1. The van der Waals surface area contributed by atoms with Gasteiger partial charge in [-0.15, -0.1) is 0 Å². The van der Waals surface area contributed by atoms with E-state index in [2.05, 4.69) is 15.3 Å². The normalized spacial score (nSPS) is 16.2.